The molecule has 4 nitrogen and oxygen atoms in total. The molecule has 5 heteroatoms. The molecule has 1 N–H and O–H groups in total. The summed E-state index contributed by atoms with van der Waals surface area (Å²) in [4.78, 5) is 10.4. The van der Waals surface area contributed by atoms with Crippen molar-refractivity contribution in [3.8, 4) is 0 Å². The Kier molecular flexibility index (Phi) is 3.01. The van der Waals surface area contributed by atoms with Crippen molar-refractivity contribution in [2.45, 2.75) is 13.3 Å². The minimum atomic E-state index is -0.412. The zero-order valence-corrected chi connectivity index (χ0v) is 9.70. The second-order valence-electron chi connectivity index (χ2n) is 4.25. The Morgan fingerprint density at radius 1 is 1.62 bits per heavy atom. The number of hydrogen-bond acceptors (Lipinski definition) is 3. The van der Waals surface area contributed by atoms with Crippen molar-refractivity contribution >= 4 is 23.0 Å². The summed E-state index contributed by atoms with van der Waals surface area (Å²) in [6.07, 6.45) is 1.19. The van der Waals surface area contributed by atoms with Crippen LogP contribution in [0.2, 0.25) is 5.02 Å². The van der Waals surface area contributed by atoms with E-state index in [1.165, 1.54) is 12.5 Å². The third-order valence-electron chi connectivity index (χ3n) is 3.01. The molecule has 1 aliphatic rings. The smallest absolute Gasteiger partial charge is 0.293 e. The first kappa shape index (κ1) is 11.2. The first-order valence-electron chi connectivity index (χ1n) is 5.26. The van der Waals surface area contributed by atoms with Crippen LogP contribution in [-0.4, -0.2) is 11.5 Å². The van der Waals surface area contributed by atoms with Crippen LogP contribution in [0, 0.1) is 22.0 Å². The third kappa shape index (κ3) is 2.27. The monoisotopic (exact) mass is 240 g/mol. The van der Waals surface area contributed by atoms with Crippen LogP contribution >= 0.6 is 11.6 Å². The highest BCUT2D eigenvalue weighted by Crippen LogP contribution is 2.39. The van der Waals surface area contributed by atoms with Gasteiger partial charge < -0.3 is 5.32 Å². The Morgan fingerprint density at radius 2 is 2.31 bits per heavy atom. The highest BCUT2D eigenvalue weighted by atomic mass is 35.5. The van der Waals surface area contributed by atoms with E-state index >= 15 is 0 Å². The van der Waals surface area contributed by atoms with E-state index in [1.54, 1.807) is 12.1 Å². The van der Waals surface area contributed by atoms with Gasteiger partial charge in [-0.2, -0.15) is 0 Å². The molecule has 0 heterocycles. The van der Waals surface area contributed by atoms with Gasteiger partial charge in [-0.1, -0.05) is 24.6 Å². The van der Waals surface area contributed by atoms with E-state index in [4.69, 9.17) is 11.6 Å². The number of nitro groups is 1. The minimum absolute atomic E-state index is 0.0424. The SMILES string of the molecule is CC1CC1CNc1c(Cl)cccc1[N+](=O)[O-]. The maximum Gasteiger partial charge on any atom is 0.293 e. The van der Waals surface area contributed by atoms with Crippen molar-refractivity contribution in [3.05, 3.63) is 33.3 Å². The summed E-state index contributed by atoms with van der Waals surface area (Å²) in [6.45, 7) is 2.93. The minimum Gasteiger partial charge on any atom is -0.378 e. The lowest BCUT2D eigenvalue weighted by Gasteiger charge is -2.08. The molecule has 1 aliphatic carbocycles. The molecule has 0 bridgehead atoms. The Hall–Kier alpha value is -1.29. The lowest BCUT2D eigenvalue weighted by atomic mass is 10.2. The molecular weight excluding hydrogens is 228 g/mol. The van der Waals surface area contributed by atoms with Crippen LogP contribution in [0.3, 0.4) is 0 Å². The van der Waals surface area contributed by atoms with Gasteiger partial charge in [-0.25, -0.2) is 0 Å². The molecule has 0 radical (unpaired) electrons. The number of anilines is 1. The van der Waals surface area contributed by atoms with E-state index < -0.39 is 4.92 Å². The van der Waals surface area contributed by atoms with E-state index in [1.807, 2.05) is 0 Å². The van der Waals surface area contributed by atoms with Crippen LogP contribution in [0.15, 0.2) is 18.2 Å². The third-order valence-corrected chi connectivity index (χ3v) is 3.32. The molecule has 1 aromatic carbocycles. The quantitative estimate of drug-likeness (QED) is 0.649. The molecule has 0 saturated heterocycles. The maximum atomic E-state index is 10.8. The van der Waals surface area contributed by atoms with Crippen molar-refractivity contribution < 1.29 is 4.92 Å². The summed E-state index contributed by atoms with van der Waals surface area (Å²) in [6, 6.07) is 4.71. The lowest BCUT2D eigenvalue weighted by molar-refractivity contribution is -0.383. The second kappa shape index (κ2) is 4.29. The number of para-hydroxylation sites is 1. The first-order valence-corrected chi connectivity index (χ1v) is 5.64. The molecule has 2 rings (SSSR count). The van der Waals surface area contributed by atoms with Crippen molar-refractivity contribution in [3.63, 3.8) is 0 Å². The average molecular weight is 241 g/mol. The van der Waals surface area contributed by atoms with Gasteiger partial charge in [0.05, 0.1) is 9.95 Å². The van der Waals surface area contributed by atoms with Gasteiger partial charge in [-0.15, -0.1) is 0 Å². The number of benzene rings is 1. The summed E-state index contributed by atoms with van der Waals surface area (Å²) in [5, 5.41) is 14.3. The predicted octanol–water partition coefficient (Wildman–Crippen LogP) is 3.32. The molecule has 0 spiro atoms. The molecule has 2 unspecified atom stereocenters. The number of hydrogen-bond donors (Lipinski definition) is 1. The summed E-state index contributed by atoms with van der Waals surface area (Å²) in [5.41, 5.74) is 0.481. The van der Waals surface area contributed by atoms with E-state index in [2.05, 4.69) is 12.2 Å². The van der Waals surface area contributed by atoms with Gasteiger partial charge in [0.25, 0.3) is 5.69 Å². The van der Waals surface area contributed by atoms with Gasteiger partial charge in [-0.3, -0.25) is 10.1 Å². The molecule has 0 amide bonds. The van der Waals surface area contributed by atoms with Crippen LogP contribution in [0.5, 0.6) is 0 Å². The molecule has 1 aromatic rings. The highest BCUT2D eigenvalue weighted by Gasteiger charge is 2.32. The lowest BCUT2D eigenvalue weighted by Crippen LogP contribution is -2.07. The fourth-order valence-electron chi connectivity index (χ4n) is 1.76. The predicted molar refractivity (Wildman–Crippen MR) is 63.9 cm³/mol. The van der Waals surface area contributed by atoms with E-state index in [-0.39, 0.29) is 5.69 Å². The fraction of sp³-hybridized carbons (Fsp3) is 0.455. The Balaban J connectivity index is 2.14. The van der Waals surface area contributed by atoms with Crippen LogP contribution in [0.1, 0.15) is 13.3 Å². The molecule has 0 aromatic heterocycles. The number of nitrogens with one attached hydrogen (secondary N) is 1. The van der Waals surface area contributed by atoms with Crippen molar-refractivity contribution in [2.24, 2.45) is 11.8 Å². The molecule has 2 atom stereocenters. The normalized spacial score (nSPS) is 22.9. The highest BCUT2D eigenvalue weighted by molar-refractivity contribution is 6.33. The van der Waals surface area contributed by atoms with Crippen LogP contribution < -0.4 is 5.32 Å². The summed E-state index contributed by atoms with van der Waals surface area (Å²) in [5.74, 6) is 1.34. The molecule has 0 aliphatic heterocycles. The topological polar surface area (TPSA) is 55.2 Å². The van der Waals surface area contributed by atoms with Gasteiger partial charge in [-0.05, 0) is 24.3 Å². The van der Waals surface area contributed by atoms with E-state index in [0.717, 1.165) is 6.54 Å². The van der Waals surface area contributed by atoms with Crippen molar-refractivity contribution in [1.82, 2.24) is 0 Å². The van der Waals surface area contributed by atoms with Gasteiger partial charge >= 0.3 is 0 Å². The van der Waals surface area contributed by atoms with Crippen molar-refractivity contribution in [2.75, 3.05) is 11.9 Å². The Morgan fingerprint density at radius 3 is 2.88 bits per heavy atom. The largest absolute Gasteiger partial charge is 0.378 e. The van der Waals surface area contributed by atoms with E-state index in [9.17, 15) is 10.1 Å². The first-order chi connectivity index (χ1) is 7.59. The Labute approximate surface area is 98.8 Å². The van der Waals surface area contributed by atoms with Gasteiger partial charge in [0, 0.05) is 12.6 Å². The molecule has 1 fully saturated rings. The average Bonchev–Trinajstić information content (AvgIpc) is 2.92. The van der Waals surface area contributed by atoms with E-state index in [0.29, 0.717) is 22.5 Å². The zero-order valence-electron chi connectivity index (χ0n) is 8.94. The molecule has 1 saturated carbocycles. The van der Waals surface area contributed by atoms with Crippen LogP contribution in [0.4, 0.5) is 11.4 Å². The number of nitrogens with zero attached hydrogens (tertiary/aromatic N) is 1. The summed E-state index contributed by atoms with van der Waals surface area (Å²) >= 11 is 5.95. The van der Waals surface area contributed by atoms with Crippen LogP contribution in [0.25, 0.3) is 0 Å². The number of nitro benzene ring substituents is 1. The number of rotatable bonds is 4. The number of halogens is 1. The van der Waals surface area contributed by atoms with Gasteiger partial charge in [0.1, 0.15) is 5.69 Å². The second-order valence-corrected chi connectivity index (χ2v) is 4.65. The summed E-state index contributed by atoms with van der Waals surface area (Å²) < 4.78 is 0. The molecule has 86 valence electrons. The maximum absolute atomic E-state index is 10.8. The summed E-state index contributed by atoms with van der Waals surface area (Å²) in [7, 11) is 0. The molecule has 16 heavy (non-hydrogen) atoms. The standard InChI is InChI=1S/C11H13ClN2O2/c1-7-5-8(7)6-13-11-9(12)3-2-4-10(11)14(15)16/h2-4,7-8,13H,5-6H2,1H3. The Bertz CT molecular complexity index is 422. The molecular formula is C11H13ClN2O2. The van der Waals surface area contributed by atoms with Gasteiger partial charge in [0.2, 0.25) is 0 Å². The zero-order chi connectivity index (χ0) is 11.7. The van der Waals surface area contributed by atoms with Crippen LogP contribution in [-0.2, 0) is 0 Å². The van der Waals surface area contributed by atoms with Crippen molar-refractivity contribution in [1.29, 1.82) is 0 Å². The fourth-order valence-corrected chi connectivity index (χ4v) is 1.99. The van der Waals surface area contributed by atoms with Gasteiger partial charge in [0.15, 0.2) is 0 Å².